The number of hydrogen-bond donors (Lipinski definition) is 0. The van der Waals surface area contributed by atoms with Crippen molar-refractivity contribution in [2.24, 2.45) is 5.92 Å². The zero-order chi connectivity index (χ0) is 13.9. The van der Waals surface area contributed by atoms with Gasteiger partial charge in [0.2, 0.25) is 0 Å². The molecule has 1 aliphatic carbocycles. The molecule has 1 fully saturated rings. The van der Waals surface area contributed by atoms with Gasteiger partial charge in [-0.1, -0.05) is 30.8 Å². The predicted molar refractivity (Wildman–Crippen MR) is 67.2 cm³/mol. The van der Waals surface area contributed by atoms with E-state index in [2.05, 4.69) is 0 Å². The first kappa shape index (κ1) is 18.5. The number of halogens is 4. The normalized spacial score (nSPS) is 16.6. The van der Waals surface area contributed by atoms with Gasteiger partial charge in [0.25, 0.3) is 0 Å². The molecule has 1 aromatic rings. The van der Waals surface area contributed by atoms with Gasteiger partial charge in [-0.15, -0.1) is 0 Å². The molecule has 0 aliphatic heterocycles. The third-order valence-corrected chi connectivity index (χ3v) is 3.53. The van der Waals surface area contributed by atoms with E-state index >= 15 is 0 Å². The summed E-state index contributed by atoms with van der Waals surface area (Å²) in [6.07, 6.45) is 5.30. The van der Waals surface area contributed by atoms with Gasteiger partial charge in [0.1, 0.15) is 5.82 Å². The first-order valence-electron chi connectivity index (χ1n) is 6.59. The standard InChI is InChI=1S/C13H16BF4O.K/c15-11-6-7-12(14(16,17)18)13(8-11)19-9-10-4-2-1-3-5-10;/h6-8,10H,1-5,9H2;/q-1;+1. The molecule has 0 saturated heterocycles. The molecule has 106 valence electrons. The van der Waals surface area contributed by atoms with E-state index in [1.165, 1.54) is 6.42 Å². The monoisotopic (exact) mass is 314 g/mol. The van der Waals surface area contributed by atoms with Gasteiger partial charge in [-0.05, 0) is 24.8 Å². The molecule has 7 heteroatoms. The smallest absolute Gasteiger partial charge is 0.496 e. The van der Waals surface area contributed by atoms with Crippen LogP contribution in [0.3, 0.4) is 0 Å². The van der Waals surface area contributed by atoms with E-state index in [1.807, 2.05) is 0 Å². The molecular formula is C13H16BF4KO. The molecule has 1 aliphatic rings. The number of benzene rings is 1. The van der Waals surface area contributed by atoms with Gasteiger partial charge in [-0.25, -0.2) is 4.39 Å². The molecule has 0 heterocycles. The molecular weight excluding hydrogens is 298 g/mol. The van der Waals surface area contributed by atoms with Crippen LogP contribution in [-0.4, -0.2) is 13.6 Å². The average Bonchev–Trinajstić information content (AvgIpc) is 2.36. The second-order valence-corrected chi connectivity index (χ2v) is 5.07. The summed E-state index contributed by atoms with van der Waals surface area (Å²) in [5.41, 5.74) is -0.850. The van der Waals surface area contributed by atoms with E-state index in [-0.39, 0.29) is 69.7 Å². The molecule has 0 radical (unpaired) electrons. The summed E-state index contributed by atoms with van der Waals surface area (Å²) in [5.74, 6) is -0.800. The minimum atomic E-state index is -5.18. The molecule has 1 nitrogen and oxygen atoms in total. The van der Waals surface area contributed by atoms with E-state index in [1.54, 1.807) is 0 Å². The summed E-state index contributed by atoms with van der Waals surface area (Å²) < 4.78 is 56.7. The van der Waals surface area contributed by atoms with Gasteiger partial charge in [0, 0.05) is 6.07 Å². The van der Waals surface area contributed by atoms with Crippen LogP contribution in [0.4, 0.5) is 17.3 Å². The fourth-order valence-corrected chi connectivity index (χ4v) is 2.47. The van der Waals surface area contributed by atoms with Crippen LogP contribution in [0.25, 0.3) is 0 Å². The van der Waals surface area contributed by atoms with Gasteiger partial charge in [0.15, 0.2) is 0 Å². The fraction of sp³-hybridized carbons (Fsp3) is 0.538. The molecule has 20 heavy (non-hydrogen) atoms. The minimum Gasteiger partial charge on any atom is -0.496 e. The second kappa shape index (κ2) is 8.17. The molecule has 1 aromatic carbocycles. The van der Waals surface area contributed by atoms with Crippen LogP contribution in [0, 0.1) is 11.7 Å². The van der Waals surface area contributed by atoms with E-state index in [0.717, 1.165) is 43.9 Å². The van der Waals surface area contributed by atoms with Gasteiger partial charge in [-0.2, -0.15) is 0 Å². The van der Waals surface area contributed by atoms with Crippen molar-refractivity contribution >= 4 is 12.4 Å². The fourth-order valence-electron chi connectivity index (χ4n) is 2.47. The Kier molecular flexibility index (Phi) is 7.56. The maximum Gasteiger partial charge on any atom is 1.00 e. The van der Waals surface area contributed by atoms with Gasteiger partial charge >= 0.3 is 58.4 Å². The van der Waals surface area contributed by atoms with Crippen LogP contribution in [0.2, 0.25) is 0 Å². The van der Waals surface area contributed by atoms with E-state index in [4.69, 9.17) is 4.74 Å². The van der Waals surface area contributed by atoms with E-state index in [9.17, 15) is 17.3 Å². The Balaban J connectivity index is 0.00000200. The van der Waals surface area contributed by atoms with Gasteiger partial charge in [-0.3, -0.25) is 0 Å². The quantitative estimate of drug-likeness (QED) is 0.591. The van der Waals surface area contributed by atoms with Gasteiger partial charge < -0.3 is 17.7 Å². The van der Waals surface area contributed by atoms with Crippen LogP contribution in [-0.2, 0) is 0 Å². The van der Waals surface area contributed by atoms with Crippen molar-refractivity contribution in [2.45, 2.75) is 32.1 Å². The first-order chi connectivity index (χ1) is 8.97. The Bertz CT molecular complexity index is 433. The Labute approximate surface area is 158 Å². The number of ether oxygens (including phenoxy) is 1. The maximum absolute atomic E-state index is 13.1. The molecule has 0 aromatic heterocycles. The number of hydrogen-bond acceptors (Lipinski definition) is 1. The SMILES string of the molecule is Fc1ccc([B-](F)(F)F)c(OCC2CCCCC2)c1.[K+]. The van der Waals surface area contributed by atoms with Crippen LogP contribution in [0.1, 0.15) is 32.1 Å². The molecule has 1 saturated carbocycles. The van der Waals surface area contributed by atoms with Gasteiger partial charge in [0.05, 0.1) is 12.4 Å². The Hall–Kier alpha value is 0.441. The molecule has 2 rings (SSSR count). The molecule has 0 unspecified atom stereocenters. The van der Waals surface area contributed by atoms with E-state index in [0.29, 0.717) is 0 Å². The van der Waals surface area contributed by atoms with Crippen molar-refractivity contribution in [1.29, 1.82) is 0 Å². The van der Waals surface area contributed by atoms with Crippen LogP contribution < -0.4 is 61.6 Å². The summed E-state index contributed by atoms with van der Waals surface area (Å²) in [6, 6.07) is 2.40. The topological polar surface area (TPSA) is 9.23 Å². The largest absolute Gasteiger partial charge is 1.00 e. The molecule has 0 bridgehead atoms. The van der Waals surface area contributed by atoms with Crippen molar-refractivity contribution < 1.29 is 73.5 Å². The summed E-state index contributed by atoms with van der Waals surface area (Å²) >= 11 is 0. The third-order valence-electron chi connectivity index (χ3n) is 3.53. The Morgan fingerprint density at radius 3 is 2.35 bits per heavy atom. The van der Waals surface area contributed by atoms with Crippen LogP contribution >= 0.6 is 0 Å². The first-order valence-corrected chi connectivity index (χ1v) is 6.59. The molecule has 0 N–H and O–H groups in total. The summed E-state index contributed by atoms with van der Waals surface area (Å²) in [7, 11) is 0. The second-order valence-electron chi connectivity index (χ2n) is 5.07. The van der Waals surface area contributed by atoms with Crippen LogP contribution in [0.5, 0.6) is 5.75 Å². The predicted octanol–water partition coefficient (Wildman–Crippen LogP) is 0.843. The zero-order valence-electron chi connectivity index (χ0n) is 11.5. The third kappa shape index (κ3) is 5.33. The van der Waals surface area contributed by atoms with Crippen LogP contribution in [0.15, 0.2) is 18.2 Å². The number of rotatable bonds is 4. The average molecular weight is 314 g/mol. The van der Waals surface area contributed by atoms with E-state index < -0.39 is 18.3 Å². The van der Waals surface area contributed by atoms with Crippen molar-refractivity contribution in [2.75, 3.05) is 6.61 Å². The zero-order valence-corrected chi connectivity index (χ0v) is 14.7. The van der Waals surface area contributed by atoms with Crippen molar-refractivity contribution in [1.82, 2.24) is 0 Å². The minimum absolute atomic E-state index is 0. The Morgan fingerprint density at radius 2 is 1.75 bits per heavy atom. The maximum atomic E-state index is 13.1. The Morgan fingerprint density at radius 1 is 1.10 bits per heavy atom. The molecule has 0 amide bonds. The molecule has 0 atom stereocenters. The van der Waals surface area contributed by atoms with Crippen molar-refractivity contribution in [3.63, 3.8) is 0 Å². The molecule has 0 spiro atoms. The summed E-state index contributed by atoms with van der Waals surface area (Å²) in [5, 5.41) is 0. The van der Waals surface area contributed by atoms with Crippen molar-refractivity contribution in [3.8, 4) is 5.75 Å². The van der Waals surface area contributed by atoms with Crippen molar-refractivity contribution in [3.05, 3.63) is 24.0 Å². The summed E-state index contributed by atoms with van der Waals surface area (Å²) in [6.45, 7) is -4.94. The summed E-state index contributed by atoms with van der Waals surface area (Å²) in [4.78, 5) is 0.